The van der Waals surface area contributed by atoms with Crippen molar-refractivity contribution in [2.45, 2.75) is 25.7 Å². The molecule has 1 saturated heterocycles. The number of amides is 2. The second kappa shape index (κ2) is 7.49. The van der Waals surface area contributed by atoms with E-state index in [1.807, 2.05) is 42.5 Å². The first-order chi connectivity index (χ1) is 11.6. The number of nitrogens with zero attached hydrogens (tertiary/aromatic N) is 1. The smallest absolute Gasteiger partial charge is 0.228 e. The predicted molar refractivity (Wildman–Crippen MR) is 96.4 cm³/mol. The molecule has 0 unspecified atom stereocenters. The van der Waals surface area contributed by atoms with E-state index in [4.69, 9.17) is 11.6 Å². The third-order valence-electron chi connectivity index (χ3n) is 4.09. The van der Waals surface area contributed by atoms with Crippen LogP contribution < -0.4 is 10.2 Å². The standard InChI is InChI=1S/C19H19ClN2O2/c20-17-6-2-1-5-14(17)13-18(23)21-15-8-10-16(11-9-15)22-12-4-3-7-19(22)24/h1-2,5-6,8-11H,3-4,7,12-13H2,(H,21,23). The highest BCUT2D eigenvalue weighted by Gasteiger charge is 2.19. The van der Waals surface area contributed by atoms with Crippen LogP contribution in [0.15, 0.2) is 48.5 Å². The van der Waals surface area contributed by atoms with E-state index in [2.05, 4.69) is 5.32 Å². The molecule has 4 nitrogen and oxygen atoms in total. The summed E-state index contributed by atoms with van der Waals surface area (Å²) in [5, 5.41) is 3.45. The van der Waals surface area contributed by atoms with Crippen molar-refractivity contribution in [2.24, 2.45) is 0 Å². The summed E-state index contributed by atoms with van der Waals surface area (Å²) >= 11 is 6.07. The SMILES string of the molecule is O=C(Cc1ccccc1Cl)Nc1ccc(N2CCCCC2=O)cc1. The molecule has 0 atom stereocenters. The molecule has 1 N–H and O–H groups in total. The van der Waals surface area contributed by atoms with Crippen LogP contribution in [0, 0.1) is 0 Å². The molecule has 0 aromatic heterocycles. The number of anilines is 2. The summed E-state index contributed by atoms with van der Waals surface area (Å²) in [4.78, 5) is 25.9. The second-order valence-electron chi connectivity index (χ2n) is 5.87. The molecule has 1 aliphatic heterocycles. The van der Waals surface area contributed by atoms with Crippen LogP contribution in [-0.4, -0.2) is 18.4 Å². The first-order valence-corrected chi connectivity index (χ1v) is 8.45. The Morgan fingerprint density at radius 2 is 1.83 bits per heavy atom. The topological polar surface area (TPSA) is 49.4 Å². The van der Waals surface area contributed by atoms with Gasteiger partial charge in [0.25, 0.3) is 0 Å². The molecule has 1 fully saturated rings. The maximum absolute atomic E-state index is 12.1. The van der Waals surface area contributed by atoms with E-state index in [9.17, 15) is 9.59 Å². The summed E-state index contributed by atoms with van der Waals surface area (Å²) < 4.78 is 0. The van der Waals surface area contributed by atoms with Crippen LogP contribution in [0.2, 0.25) is 5.02 Å². The van der Waals surface area contributed by atoms with Crippen molar-refractivity contribution in [3.05, 3.63) is 59.1 Å². The van der Waals surface area contributed by atoms with Crippen LogP contribution in [0.1, 0.15) is 24.8 Å². The minimum absolute atomic E-state index is 0.120. The van der Waals surface area contributed by atoms with Gasteiger partial charge in [-0.15, -0.1) is 0 Å². The van der Waals surface area contributed by atoms with Crippen molar-refractivity contribution in [1.82, 2.24) is 0 Å². The molecular weight excluding hydrogens is 324 g/mol. The highest BCUT2D eigenvalue weighted by Crippen LogP contribution is 2.23. The number of carbonyl (C=O) groups is 2. The van der Waals surface area contributed by atoms with Crippen LogP contribution in [0.5, 0.6) is 0 Å². The monoisotopic (exact) mass is 342 g/mol. The maximum atomic E-state index is 12.1. The molecule has 0 aliphatic carbocycles. The summed E-state index contributed by atoms with van der Waals surface area (Å²) in [5.41, 5.74) is 2.39. The van der Waals surface area contributed by atoms with Gasteiger partial charge in [-0.3, -0.25) is 9.59 Å². The Morgan fingerprint density at radius 1 is 1.08 bits per heavy atom. The van der Waals surface area contributed by atoms with E-state index in [1.165, 1.54) is 0 Å². The minimum Gasteiger partial charge on any atom is -0.326 e. The lowest BCUT2D eigenvalue weighted by Crippen LogP contribution is -2.35. The molecular formula is C19H19ClN2O2. The molecule has 0 saturated carbocycles. The normalized spacial score (nSPS) is 14.5. The lowest BCUT2D eigenvalue weighted by atomic mass is 10.1. The summed E-state index contributed by atoms with van der Waals surface area (Å²) in [6.07, 6.45) is 2.83. The van der Waals surface area contributed by atoms with E-state index < -0.39 is 0 Å². The molecule has 0 radical (unpaired) electrons. The number of hydrogen-bond acceptors (Lipinski definition) is 2. The molecule has 2 amide bonds. The molecule has 2 aromatic carbocycles. The van der Waals surface area contributed by atoms with Crippen molar-refractivity contribution in [3.63, 3.8) is 0 Å². The van der Waals surface area contributed by atoms with Gasteiger partial charge in [0.05, 0.1) is 6.42 Å². The Balaban J connectivity index is 1.62. The van der Waals surface area contributed by atoms with Crippen molar-refractivity contribution in [3.8, 4) is 0 Å². The zero-order valence-electron chi connectivity index (χ0n) is 13.3. The van der Waals surface area contributed by atoms with E-state index in [0.29, 0.717) is 17.1 Å². The van der Waals surface area contributed by atoms with Gasteiger partial charge < -0.3 is 10.2 Å². The molecule has 5 heteroatoms. The van der Waals surface area contributed by atoms with E-state index in [-0.39, 0.29) is 18.2 Å². The minimum atomic E-state index is -0.120. The Hall–Kier alpha value is -2.33. The number of piperidine rings is 1. The van der Waals surface area contributed by atoms with Gasteiger partial charge in [-0.25, -0.2) is 0 Å². The molecule has 2 aromatic rings. The summed E-state index contributed by atoms with van der Waals surface area (Å²) in [5.74, 6) is 0.0432. The fourth-order valence-electron chi connectivity index (χ4n) is 2.82. The average molecular weight is 343 g/mol. The van der Waals surface area contributed by atoms with Gasteiger partial charge in [-0.05, 0) is 48.7 Å². The zero-order valence-corrected chi connectivity index (χ0v) is 14.1. The summed E-state index contributed by atoms with van der Waals surface area (Å²) in [6.45, 7) is 0.761. The van der Waals surface area contributed by atoms with Crippen molar-refractivity contribution in [2.75, 3.05) is 16.8 Å². The number of nitrogens with one attached hydrogen (secondary N) is 1. The molecule has 1 aliphatic rings. The van der Waals surface area contributed by atoms with Crippen LogP contribution in [0.25, 0.3) is 0 Å². The fourth-order valence-corrected chi connectivity index (χ4v) is 3.03. The quantitative estimate of drug-likeness (QED) is 0.911. The van der Waals surface area contributed by atoms with Gasteiger partial charge in [0.2, 0.25) is 11.8 Å². The zero-order chi connectivity index (χ0) is 16.9. The first kappa shape index (κ1) is 16.5. The first-order valence-electron chi connectivity index (χ1n) is 8.07. The predicted octanol–water partition coefficient (Wildman–Crippen LogP) is 4.04. The second-order valence-corrected chi connectivity index (χ2v) is 6.27. The number of halogens is 1. The van der Waals surface area contributed by atoms with Crippen LogP contribution in [0.4, 0.5) is 11.4 Å². The van der Waals surface area contributed by atoms with Gasteiger partial charge in [-0.2, -0.15) is 0 Å². The van der Waals surface area contributed by atoms with E-state index in [1.54, 1.807) is 11.0 Å². The third kappa shape index (κ3) is 3.95. The molecule has 24 heavy (non-hydrogen) atoms. The van der Waals surface area contributed by atoms with Crippen LogP contribution >= 0.6 is 11.6 Å². The van der Waals surface area contributed by atoms with Gasteiger partial charge in [0.15, 0.2) is 0 Å². The summed E-state index contributed by atoms with van der Waals surface area (Å²) in [6, 6.07) is 14.7. The third-order valence-corrected chi connectivity index (χ3v) is 4.46. The number of carbonyl (C=O) groups excluding carboxylic acids is 2. The van der Waals surface area contributed by atoms with E-state index >= 15 is 0 Å². The van der Waals surface area contributed by atoms with Gasteiger partial charge in [0, 0.05) is 29.4 Å². The van der Waals surface area contributed by atoms with Crippen molar-refractivity contribution < 1.29 is 9.59 Å². The molecule has 124 valence electrons. The molecule has 0 spiro atoms. The average Bonchev–Trinajstić information content (AvgIpc) is 2.58. The Morgan fingerprint density at radius 3 is 2.54 bits per heavy atom. The van der Waals surface area contributed by atoms with Gasteiger partial charge in [-0.1, -0.05) is 29.8 Å². The molecule has 0 bridgehead atoms. The molecule has 1 heterocycles. The van der Waals surface area contributed by atoms with Crippen molar-refractivity contribution in [1.29, 1.82) is 0 Å². The summed E-state index contributed by atoms with van der Waals surface area (Å²) in [7, 11) is 0. The van der Waals surface area contributed by atoms with Crippen LogP contribution in [-0.2, 0) is 16.0 Å². The Labute approximate surface area is 146 Å². The Bertz CT molecular complexity index is 743. The molecule has 3 rings (SSSR count). The number of benzene rings is 2. The highest BCUT2D eigenvalue weighted by molar-refractivity contribution is 6.31. The van der Waals surface area contributed by atoms with Crippen molar-refractivity contribution >= 4 is 34.8 Å². The van der Waals surface area contributed by atoms with Gasteiger partial charge >= 0.3 is 0 Å². The maximum Gasteiger partial charge on any atom is 0.228 e. The number of rotatable bonds is 4. The lowest BCUT2D eigenvalue weighted by molar-refractivity contribution is -0.119. The van der Waals surface area contributed by atoms with E-state index in [0.717, 1.165) is 30.6 Å². The Kier molecular flexibility index (Phi) is 5.16. The largest absolute Gasteiger partial charge is 0.326 e. The lowest BCUT2D eigenvalue weighted by Gasteiger charge is -2.26. The van der Waals surface area contributed by atoms with Crippen LogP contribution in [0.3, 0.4) is 0 Å². The number of hydrogen-bond donors (Lipinski definition) is 1. The highest BCUT2D eigenvalue weighted by atomic mass is 35.5. The fraction of sp³-hybridized carbons (Fsp3) is 0.263. The van der Waals surface area contributed by atoms with Gasteiger partial charge in [0.1, 0.15) is 0 Å².